The van der Waals surface area contributed by atoms with Gasteiger partial charge in [-0.1, -0.05) is 23.4 Å². The predicted molar refractivity (Wildman–Crippen MR) is 105 cm³/mol. The first-order valence-corrected chi connectivity index (χ1v) is 8.90. The first kappa shape index (κ1) is 18.7. The Morgan fingerprint density at radius 1 is 1.28 bits per heavy atom. The molecule has 4 rings (SSSR count). The second-order valence-corrected chi connectivity index (χ2v) is 6.51. The summed E-state index contributed by atoms with van der Waals surface area (Å²) in [6, 6.07) is 12.9. The zero-order valence-corrected chi connectivity index (χ0v) is 15.5. The van der Waals surface area contributed by atoms with E-state index in [4.69, 9.17) is 4.52 Å². The molecule has 29 heavy (non-hydrogen) atoms. The number of aryl methyl sites for hydroxylation is 1. The summed E-state index contributed by atoms with van der Waals surface area (Å²) in [4.78, 5) is 20.3. The van der Waals surface area contributed by atoms with Gasteiger partial charge in [0.2, 0.25) is 11.7 Å². The van der Waals surface area contributed by atoms with Gasteiger partial charge in [0.25, 0.3) is 5.91 Å². The van der Waals surface area contributed by atoms with Crippen LogP contribution in [0.1, 0.15) is 22.2 Å². The Morgan fingerprint density at radius 2 is 2.03 bits per heavy atom. The number of hydrogen-bond acceptors (Lipinski definition) is 5. The Balaban J connectivity index is 1.58. The van der Waals surface area contributed by atoms with Gasteiger partial charge in [0.1, 0.15) is 5.82 Å². The van der Waals surface area contributed by atoms with Crippen molar-refractivity contribution in [2.75, 3.05) is 6.61 Å². The molecule has 2 aromatic heterocycles. The van der Waals surface area contributed by atoms with Gasteiger partial charge in [-0.05, 0) is 30.3 Å². The number of halogens is 1. The molecule has 1 amide bonds. The monoisotopic (exact) mass is 392 g/mol. The van der Waals surface area contributed by atoms with Gasteiger partial charge in [-0.2, -0.15) is 4.98 Å². The quantitative estimate of drug-likeness (QED) is 0.526. The molecule has 146 valence electrons. The van der Waals surface area contributed by atoms with E-state index in [1.165, 1.54) is 30.5 Å². The van der Waals surface area contributed by atoms with Gasteiger partial charge in [-0.25, -0.2) is 9.38 Å². The molecule has 0 radical (unpaired) electrons. The van der Waals surface area contributed by atoms with Crippen LogP contribution in [0.4, 0.5) is 4.39 Å². The van der Waals surface area contributed by atoms with Crippen molar-refractivity contribution < 1.29 is 18.8 Å². The molecule has 4 aromatic rings. The number of aliphatic imine (C=N–C) groups is 1. The fourth-order valence-corrected chi connectivity index (χ4v) is 3.03. The van der Waals surface area contributed by atoms with Crippen molar-refractivity contribution in [1.82, 2.24) is 14.7 Å². The molecule has 0 aliphatic carbocycles. The Labute approximate surface area is 165 Å². The molecule has 8 heteroatoms. The number of para-hydroxylation sites is 1. The van der Waals surface area contributed by atoms with Crippen molar-refractivity contribution in [2.24, 2.45) is 12.0 Å². The summed E-state index contributed by atoms with van der Waals surface area (Å²) in [6.07, 6.45) is 3.16. The number of fused-ring (bicyclic) bond motifs is 1. The van der Waals surface area contributed by atoms with Crippen LogP contribution in [0.15, 0.2) is 64.2 Å². The van der Waals surface area contributed by atoms with Crippen LogP contribution >= 0.6 is 0 Å². The molecule has 0 fully saturated rings. The lowest BCUT2D eigenvalue weighted by atomic mass is 10.1. The Hall–Kier alpha value is -3.65. The van der Waals surface area contributed by atoms with Crippen LogP contribution in [0.3, 0.4) is 0 Å². The Kier molecular flexibility index (Phi) is 5.01. The number of hydrogen-bond donors (Lipinski definition) is 1. The molecule has 7 nitrogen and oxygen atoms in total. The maximum Gasteiger partial charge on any atom is 0.276 e. The maximum atomic E-state index is 13.0. The van der Waals surface area contributed by atoms with E-state index in [9.17, 15) is 14.3 Å². The van der Waals surface area contributed by atoms with E-state index >= 15 is 0 Å². The first-order valence-electron chi connectivity index (χ1n) is 8.90. The molecule has 0 saturated carbocycles. The minimum Gasteiger partial charge on any atom is -0.395 e. The van der Waals surface area contributed by atoms with E-state index in [1.807, 2.05) is 42.1 Å². The van der Waals surface area contributed by atoms with Crippen molar-refractivity contribution in [2.45, 2.75) is 5.92 Å². The third kappa shape index (κ3) is 3.70. The number of rotatable bonds is 5. The van der Waals surface area contributed by atoms with Gasteiger partial charge in [-0.3, -0.25) is 4.79 Å². The normalized spacial score (nSPS) is 12.7. The van der Waals surface area contributed by atoms with Crippen molar-refractivity contribution in [3.63, 3.8) is 0 Å². The maximum absolute atomic E-state index is 13.0. The zero-order valence-electron chi connectivity index (χ0n) is 15.5. The van der Waals surface area contributed by atoms with E-state index in [2.05, 4.69) is 15.1 Å². The van der Waals surface area contributed by atoms with E-state index in [0.717, 1.165) is 16.5 Å². The number of benzene rings is 2. The van der Waals surface area contributed by atoms with Crippen molar-refractivity contribution in [1.29, 1.82) is 0 Å². The van der Waals surface area contributed by atoms with Crippen molar-refractivity contribution in [3.05, 3.63) is 72.0 Å². The average Bonchev–Trinajstić information content (AvgIpc) is 3.34. The van der Waals surface area contributed by atoms with Gasteiger partial charge >= 0.3 is 0 Å². The lowest BCUT2D eigenvalue weighted by Crippen LogP contribution is -2.08. The van der Waals surface area contributed by atoms with Gasteiger partial charge in [0.15, 0.2) is 0 Å². The molecule has 2 heterocycles. The number of aromatic nitrogens is 3. The van der Waals surface area contributed by atoms with Crippen LogP contribution in [0, 0.1) is 5.82 Å². The van der Waals surface area contributed by atoms with Gasteiger partial charge in [0.05, 0.1) is 12.5 Å². The smallest absolute Gasteiger partial charge is 0.276 e. The summed E-state index contributed by atoms with van der Waals surface area (Å²) in [5.41, 5.74) is 2.06. The van der Waals surface area contributed by atoms with Crippen molar-refractivity contribution in [3.8, 4) is 11.4 Å². The lowest BCUT2D eigenvalue weighted by Gasteiger charge is -2.01. The number of nitrogens with zero attached hydrogens (tertiary/aromatic N) is 4. The van der Waals surface area contributed by atoms with Crippen LogP contribution in [0.2, 0.25) is 0 Å². The largest absolute Gasteiger partial charge is 0.395 e. The SMILES string of the molecule is Cn1cc(-c2noc(C(/C=N/C(=O)c3ccc(F)cc3)CO)n2)c2ccccc21. The zero-order chi connectivity index (χ0) is 20.4. The summed E-state index contributed by atoms with van der Waals surface area (Å²) in [7, 11) is 1.93. The van der Waals surface area contributed by atoms with Crippen LogP contribution in [0.5, 0.6) is 0 Å². The first-order chi connectivity index (χ1) is 14.1. The Bertz CT molecular complexity index is 1190. The van der Waals surface area contributed by atoms with E-state index in [-0.39, 0.29) is 18.1 Å². The average molecular weight is 392 g/mol. The number of carbonyl (C=O) groups is 1. The molecular weight excluding hydrogens is 375 g/mol. The summed E-state index contributed by atoms with van der Waals surface area (Å²) in [5, 5.41) is 14.7. The third-order valence-electron chi connectivity index (χ3n) is 4.56. The van der Waals surface area contributed by atoms with Crippen LogP contribution in [-0.4, -0.2) is 38.5 Å². The number of amides is 1. The van der Waals surface area contributed by atoms with Crippen molar-refractivity contribution >= 4 is 23.0 Å². The third-order valence-corrected chi connectivity index (χ3v) is 4.56. The lowest BCUT2D eigenvalue weighted by molar-refractivity contribution is 0.100. The second kappa shape index (κ2) is 7.76. The molecule has 0 spiro atoms. The fourth-order valence-electron chi connectivity index (χ4n) is 3.03. The highest BCUT2D eigenvalue weighted by atomic mass is 19.1. The molecule has 0 aliphatic rings. The van der Waals surface area contributed by atoms with Crippen LogP contribution in [-0.2, 0) is 7.05 Å². The number of carbonyl (C=O) groups excluding carboxylic acids is 1. The minimum absolute atomic E-state index is 0.145. The molecule has 2 aromatic carbocycles. The highest BCUT2D eigenvalue weighted by Crippen LogP contribution is 2.28. The minimum atomic E-state index is -0.740. The molecule has 1 N–H and O–H groups in total. The van der Waals surface area contributed by atoms with Gasteiger partial charge < -0.3 is 14.2 Å². The van der Waals surface area contributed by atoms with E-state index in [1.54, 1.807) is 0 Å². The number of aliphatic hydroxyl groups excluding tert-OH is 1. The van der Waals surface area contributed by atoms with E-state index in [0.29, 0.717) is 5.82 Å². The Morgan fingerprint density at radius 3 is 2.79 bits per heavy atom. The summed E-state index contributed by atoms with van der Waals surface area (Å²) in [6.45, 7) is -0.364. The molecular formula is C21H17FN4O3. The fraction of sp³-hybridized carbons (Fsp3) is 0.143. The second-order valence-electron chi connectivity index (χ2n) is 6.51. The molecule has 0 saturated heterocycles. The number of aliphatic hydroxyl groups is 1. The highest BCUT2D eigenvalue weighted by molar-refractivity contribution is 5.99. The molecule has 1 atom stereocenters. The predicted octanol–water partition coefficient (Wildman–Crippen LogP) is 3.35. The van der Waals surface area contributed by atoms with Crippen LogP contribution < -0.4 is 0 Å². The van der Waals surface area contributed by atoms with Gasteiger partial charge in [-0.15, -0.1) is 0 Å². The topological polar surface area (TPSA) is 93.5 Å². The molecule has 0 bridgehead atoms. The summed E-state index contributed by atoms with van der Waals surface area (Å²) in [5.74, 6) is -1.21. The van der Waals surface area contributed by atoms with Gasteiger partial charge in [0, 0.05) is 41.5 Å². The highest BCUT2D eigenvalue weighted by Gasteiger charge is 2.20. The summed E-state index contributed by atoms with van der Waals surface area (Å²) >= 11 is 0. The van der Waals surface area contributed by atoms with E-state index < -0.39 is 17.6 Å². The standard InChI is InChI=1S/C21H17FN4O3/c1-26-11-17(16-4-2-3-5-18(16)26)19-24-21(29-25-19)14(12-27)10-23-20(28)13-6-8-15(22)9-7-13/h2-11,14,27H,12H2,1H3/b23-10+. The molecule has 0 aliphatic heterocycles. The molecule has 1 unspecified atom stereocenters. The van der Waals surface area contributed by atoms with Crippen LogP contribution in [0.25, 0.3) is 22.3 Å². The summed E-state index contributed by atoms with van der Waals surface area (Å²) < 4.78 is 20.2.